The maximum Gasteiger partial charge on any atom is 0.179 e. The minimum Gasteiger partial charge on any atom is -0.325 e. The van der Waals surface area contributed by atoms with Gasteiger partial charge in [-0.05, 0) is 63.6 Å². The Labute approximate surface area is 176 Å². The molecule has 3 aromatic heterocycles. The Kier molecular flexibility index (Phi) is 3.77. The molecule has 7 nitrogen and oxygen atoms in total. The van der Waals surface area contributed by atoms with E-state index in [0.717, 1.165) is 66.0 Å². The monoisotopic (exact) mass is 420 g/mol. The molecule has 0 amide bonds. The van der Waals surface area contributed by atoms with Crippen molar-refractivity contribution >= 4 is 27.8 Å². The zero-order valence-corrected chi connectivity index (χ0v) is 17.7. The van der Waals surface area contributed by atoms with Crippen molar-refractivity contribution in [1.82, 2.24) is 23.6 Å². The number of benzene rings is 1. The molecule has 3 aliphatic carbocycles. The Balaban J connectivity index is 1.49. The summed E-state index contributed by atoms with van der Waals surface area (Å²) in [6, 6.07) is 9.74. The second-order valence-electron chi connectivity index (χ2n) is 9.03. The van der Waals surface area contributed by atoms with E-state index in [4.69, 9.17) is 5.73 Å². The van der Waals surface area contributed by atoms with Gasteiger partial charge in [0.15, 0.2) is 22.3 Å². The van der Waals surface area contributed by atoms with E-state index in [9.17, 15) is 4.21 Å². The van der Waals surface area contributed by atoms with Crippen molar-refractivity contribution in [2.75, 3.05) is 0 Å². The molecule has 154 valence electrons. The molecule has 2 N–H and O–H groups in total. The molecule has 2 bridgehead atoms. The highest BCUT2D eigenvalue weighted by Crippen LogP contribution is 2.52. The van der Waals surface area contributed by atoms with E-state index >= 15 is 0 Å². The third kappa shape index (κ3) is 2.53. The fraction of sp³-hybridized carbons (Fsp3) is 0.409. The summed E-state index contributed by atoms with van der Waals surface area (Å²) in [7, 11) is -1.37. The van der Waals surface area contributed by atoms with Gasteiger partial charge < -0.3 is 5.73 Å². The van der Waals surface area contributed by atoms with Crippen LogP contribution in [0.4, 0.5) is 0 Å². The third-order valence-electron chi connectivity index (χ3n) is 7.22. The summed E-state index contributed by atoms with van der Waals surface area (Å²) in [5.74, 6) is 1.01. The molecule has 3 saturated carbocycles. The summed E-state index contributed by atoms with van der Waals surface area (Å²) in [5.41, 5.74) is 10.0. The molecule has 7 rings (SSSR count). The van der Waals surface area contributed by atoms with Gasteiger partial charge in [0.25, 0.3) is 0 Å². The second-order valence-corrected chi connectivity index (χ2v) is 10.4. The van der Waals surface area contributed by atoms with Gasteiger partial charge in [-0.1, -0.05) is 17.7 Å². The Morgan fingerprint density at radius 3 is 2.40 bits per heavy atom. The van der Waals surface area contributed by atoms with Crippen LogP contribution in [0.2, 0.25) is 0 Å². The normalized spacial score (nSPS) is 27.1. The standard InChI is InChI=1S/C22H24N6OS/c1-15-2-4-16(5-3-15)30(29)27-13-6-17-19(27)24-14-18-25-26-20(28(17)18)21-7-10-22(23,11-8-21)12-9-21/h2-6,13-14H,7-12,23H2,1H3. The van der Waals surface area contributed by atoms with Crippen LogP contribution in [0, 0.1) is 6.92 Å². The molecule has 4 aromatic rings. The quantitative estimate of drug-likeness (QED) is 0.549. The summed E-state index contributed by atoms with van der Waals surface area (Å²) in [4.78, 5) is 5.34. The highest BCUT2D eigenvalue weighted by atomic mass is 32.2. The highest BCUT2D eigenvalue weighted by Gasteiger charge is 2.50. The van der Waals surface area contributed by atoms with E-state index in [1.54, 1.807) is 10.2 Å². The Morgan fingerprint density at radius 1 is 1.00 bits per heavy atom. The van der Waals surface area contributed by atoms with Gasteiger partial charge in [-0.15, -0.1) is 10.2 Å². The molecule has 0 saturated heterocycles. The fourth-order valence-electron chi connectivity index (χ4n) is 5.23. The van der Waals surface area contributed by atoms with Gasteiger partial charge in [0.2, 0.25) is 0 Å². The smallest absolute Gasteiger partial charge is 0.179 e. The minimum atomic E-state index is -1.37. The number of aryl methyl sites for hydroxylation is 1. The van der Waals surface area contributed by atoms with Crippen molar-refractivity contribution in [3.63, 3.8) is 0 Å². The lowest BCUT2D eigenvalue weighted by Gasteiger charge is -2.50. The lowest BCUT2D eigenvalue weighted by molar-refractivity contribution is 0.100. The first-order valence-corrected chi connectivity index (χ1v) is 11.6. The van der Waals surface area contributed by atoms with Crippen molar-refractivity contribution in [2.24, 2.45) is 5.73 Å². The Morgan fingerprint density at radius 2 is 1.70 bits per heavy atom. The Hall–Kier alpha value is -2.58. The van der Waals surface area contributed by atoms with Crippen molar-refractivity contribution in [2.45, 2.75) is 61.3 Å². The number of fused-ring (bicyclic) bond motifs is 6. The molecule has 8 heteroatoms. The molecule has 3 fully saturated rings. The predicted octanol–water partition coefficient (Wildman–Crippen LogP) is 3.26. The summed E-state index contributed by atoms with van der Waals surface area (Å²) in [6.07, 6.45) is 9.83. The van der Waals surface area contributed by atoms with E-state index in [1.165, 1.54) is 0 Å². The van der Waals surface area contributed by atoms with Crippen LogP contribution in [-0.4, -0.2) is 33.3 Å². The third-order valence-corrected chi connectivity index (χ3v) is 8.54. The van der Waals surface area contributed by atoms with E-state index < -0.39 is 11.0 Å². The van der Waals surface area contributed by atoms with E-state index in [0.29, 0.717) is 5.65 Å². The zero-order chi connectivity index (χ0) is 20.5. The maximum atomic E-state index is 13.2. The molecule has 1 aromatic carbocycles. The van der Waals surface area contributed by atoms with E-state index in [1.807, 2.05) is 43.5 Å². The van der Waals surface area contributed by atoms with E-state index in [2.05, 4.69) is 19.6 Å². The fourth-order valence-corrected chi connectivity index (χ4v) is 6.29. The summed E-state index contributed by atoms with van der Waals surface area (Å²) in [5, 5.41) is 9.06. The number of nitrogens with two attached hydrogens (primary N) is 1. The van der Waals surface area contributed by atoms with Crippen LogP contribution in [0.15, 0.2) is 47.6 Å². The van der Waals surface area contributed by atoms with Crippen LogP contribution in [0.3, 0.4) is 0 Å². The van der Waals surface area contributed by atoms with Crippen molar-refractivity contribution < 1.29 is 4.21 Å². The molecular weight excluding hydrogens is 396 g/mol. The molecule has 1 atom stereocenters. The predicted molar refractivity (Wildman–Crippen MR) is 116 cm³/mol. The molecule has 1 unspecified atom stereocenters. The molecule has 0 aliphatic heterocycles. The highest BCUT2D eigenvalue weighted by molar-refractivity contribution is 7.83. The van der Waals surface area contributed by atoms with Gasteiger partial charge in [-0.2, -0.15) is 0 Å². The number of hydrogen-bond donors (Lipinski definition) is 1. The maximum absolute atomic E-state index is 13.2. The summed E-state index contributed by atoms with van der Waals surface area (Å²) >= 11 is 0. The topological polar surface area (TPSA) is 91.1 Å². The van der Waals surface area contributed by atoms with Gasteiger partial charge in [-0.25, -0.2) is 13.2 Å². The SMILES string of the molecule is Cc1ccc(S(=O)n2ccc3c2ncc2nnc(C45CCC(N)(CC4)CC5)n23)cc1. The average molecular weight is 421 g/mol. The van der Waals surface area contributed by atoms with E-state index in [-0.39, 0.29) is 11.0 Å². The summed E-state index contributed by atoms with van der Waals surface area (Å²) < 4.78 is 17.1. The van der Waals surface area contributed by atoms with Crippen molar-refractivity contribution in [3.8, 4) is 0 Å². The molecule has 0 radical (unpaired) electrons. The minimum absolute atomic E-state index is 0.00733. The second kappa shape index (κ2) is 6.21. The number of hydrogen-bond acceptors (Lipinski definition) is 5. The first-order valence-electron chi connectivity index (χ1n) is 10.5. The Bertz CT molecular complexity index is 1280. The molecule has 3 heterocycles. The van der Waals surface area contributed by atoms with Gasteiger partial charge in [-0.3, -0.25) is 4.40 Å². The zero-order valence-electron chi connectivity index (χ0n) is 16.9. The number of rotatable bonds is 3. The van der Waals surface area contributed by atoms with Crippen LogP contribution in [-0.2, 0) is 16.4 Å². The lowest BCUT2D eigenvalue weighted by Crippen LogP contribution is -2.54. The molecule has 3 aliphatic rings. The largest absolute Gasteiger partial charge is 0.325 e. The number of aromatic nitrogens is 5. The van der Waals surface area contributed by atoms with Crippen molar-refractivity contribution in [3.05, 3.63) is 54.1 Å². The molecule has 30 heavy (non-hydrogen) atoms. The van der Waals surface area contributed by atoms with Gasteiger partial charge >= 0.3 is 0 Å². The van der Waals surface area contributed by atoms with Crippen LogP contribution >= 0.6 is 0 Å². The first-order chi connectivity index (χ1) is 14.5. The van der Waals surface area contributed by atoms with Gasteiger partial charge in [0, 0.05) is 17.2 Å². The first kappa shape index (κ1) is 18.2. The molecular formula is C22H24N6OS. The van der Waals surface area contributed by atoms with Crippen LogP contribution in [0.1, 0.15) is 49.9 Å². The number of nitrogens with zero attached hydrogens (tertiary/aromatic N) is 5. The van der Waals surface area contributed by atoms with Gasteiger partial charge in [0.05, 0.1) is 16.6 Å². The van der Waals surface area contributed by atoms with Crippen LogP contribution in [0.25, 0.3) is 16.8 Å². The van der Waals surface area contributed by atoms with Crippen LogP contribution in [0.5, 0.6) is 0 Å². The average Bonchev–Trinajstić information content (AvgIpc) is 3.39. The summed E-state index contributed by atoms with van der Waals surface area (Å²) in [6.45, 7) is 2.02. The molecule has 0 spiro atoms. The van der Waals surface area contributed by atoms with Gasteiger partial charge in [0.1, 0.15) is 5.82 Å². The van der Waals surface area contributed by atoms with Crippen LogP contribution < -0.4 is 5.73 Å². The lowest BCUT2D eigenvalue weighted by atomic mass is 9.57. The van der Waals surface area contributed by atoms with Crippen molar-refractivity contribution in [1.29, 1.82) is 0 Å².